The highest BCUT2D eigenvalue weighted by molar-refractivity contribution is 5.36. The molecular weight excluding hydrogens is 184 g/mol. The van der Waals surface area contributed by atoms with Gasteiger partial charge in [0, 0.05) is 5.41 Å². The third-order valence-electron chi connectivity index (χ3n) is 3.92. The predicted molar refractivity (Wildman–Crippen MR) is 62.7 cm³/mol. The Hall–Kier alpha value is -0.820. The van der Waals surface area contributed by atoms with Crippen LogP contribution in [0.15, 0.2) is 24.3 Å². The van der Waals surface area contributed by atoms with Gasteiger partial charge in [-0.2, -0.15) is 0 Å². The van der Waals surface area contributed by atoms with Gasteiger partial charge in [0.05, 0.1) is 6.10 Å². The molecule has 1 aliphatic carbocycles. The predicted octanol–water partition coefficient (Wildman–Crippen LogP) is 3.47. The van der Waals surface area contributed by atoms with Crippen molar-refractivity contribution in [3.63, 3.8) is 0 Å². The molecule has 2 atom stereocenters. The van der Waals surface area contributed by atoms with E-state index >= 15 is 0 Å². The summed E-state index contributed by atoms with van der Waals surface area (Å²) in [6.45, 7) is 4.40. The Bertz CT molecular complexity index is 345. The number of aliphatic hydroxyl groups excluding tert-OH is 1. The van der Waals surface area contributed by atoms with Crippen LogP contribution < -0.4 is 0 Å². The van der Waals surface area contributed by atoms with Crippen molar-refractivity contribution in [2.24, 2.45) is 5.41 Å². The second-order valence-electron chi connectivity index (χ2n) is 4.74. The van der Waals surface area contributed by atoms with Gasteiger partial charge in [-0.3, -0.25) is 0 Å². The van der Waals surface area contributed by atoms with Gasteiger partial charge in [-0.15, -0.1) is 0 Å². The normalized spacial score (nSPS) is 29.1. The number of hydrogen-bond donors (Lipinski definition) is 1. The zero-order valence-corrected chi connectivity index (χ0v) is 9.66. The van der Waals surface area contributed by atoms with Gasteiger partial charge < -0.3 is 5.11 Å². The van der Waals surface area contributed by atoms with E-state index in [0.29, 0.717) is 0 Å². The van der Waals surface area contributed by atoms with E-state index in [1.165, 1.54) is 5.56 Å². The van der Waals surface area contributed by atoms with E-state index in [-0.39, 0.29) is 11.5 Å². The molecule has 0 bridgehead atoms. The molecule has 82 valence electrons. The molecule has 0 fully saturated rings. The van der Waals surface area contributed by atoms with Gasteiger partial charge in [0.15, 0.2) is 0 Å². The standard InChI is InChI=1S/C14H20O/c1-3-9-14(4-2)10-11-7-5-6-8-12(11)13(14)15/h5-8,13,15H,3-4,9-10H2,1-2H3. The van der Waals surface area contributed by atoms with E-state index in [4.69, 9.17) is 0 Å². The fourth-order valence-electron chi connectivity index (χ4n) is 2.99. The molecule has 0 saturated carbocycles. The van der Waals surface area contributed by atoms with Gasteiger partial charge in [-0.25, -0.2) is 0 Å². The first-order chi connectivity index (χ1) is 7.23. The lowest BCUT2D eigenvalue weighted by atomic mass is 9.76. The lowest BCUT2D eigenvalue weighted by Gasteiger charge is -2.31. The molecular formula is C14H20O. The molecule has 0 aliphatic heterocycles. The molecule has 1 aromatic rings. The topological polar surface area (TPSA) is 20.2 Å². The van der Waals surface area contributed by atoms with Crippen LogP contribution in [-0.2, 0) is 6.42 Å². The van der Waals surface area contributed by atoms with Crippen molar-refractivity contribution in [1.82, 2.24) is 0 Å². The Kier molecular flexibility index (Phi) is 2.83. The average molecular weight is 204 g/mol. The first-order valence-corrected chi connectivity index (χ1v) is 5.99. The quantitative estimate of drug-likeness (QED) is 0.799. The second kappa shape index (κ2) is 3.97. The minimum Gasteiger partial charge on any atom is -0.388 e. The second-order valence-corrected chi connectivity index (χ2v) is 4.74. The molecule has 0 aromatic heterocycles. The van der Waals surface area contributed by atoms with Crippen LogP contribution in [0.25, 0.3) is 0 Å². The zero-order chi connectivity index (χ0) is 10.9. The van der Waals surface area contributed by atoms with Crippen molar-refractivity contribution in [2.75, 3.05) is 0 Å². The number of aliphatic hydroxyl groups is 1. The Morgan fingerprint density at radius 3 is 2.67 bits per heavy atom. The number of benzene rings is 1. The van der Waals surface area contributed by atoms with Crippen LogP contribution in [-0.4, -0.2) is 5.11 Å². The van der Waals surface area contributed by atoms with E-state index in [1.807, 2.05) is 6.07 Å². The lowest BCUT2D eigenvalue weighted by molar-refractivity contribution is 0.0280. The summed E-state index contributed by atoms with van der Waals surface area (Å²) in [5.74, 6) is 0. The molecule has 1 aromatic carbocycles. The molecule has 0 heterocycles. The molecule has 1 nitrogen and oxygen atoms in total. The van der Waals surface area contributed by atoms with Gasteiger partial charge >= 0.3 is 0 Å². The number of rotatable bonds is 3. The number of fused-ring (bicyclic) bond motifs is 1. The fourth-order valence-corrected chi connectivity index (χ4v) is 2.99. The Morgan fingerprint density at radius 1 is 1.33 bits per heavy atom. The van der Waals surface area contributed by atoms with E-state index in [9.17, 15) is 5.11 Å². The van der Waals surface area contributed by atoms with Crippen LogP contribution in [0.5, 0.6) is 0 Å². The minimum absolute atomic E-state index is 0.110. The highest BCUT2D eigenvalue weighted by Gasteiger charge is 2.42. The SMILES string of the molecule is CCCC1(CC)Cc2ccccc2C1O. The van der Waals surface area contributed by atoms with Gasteiger partial charge in [0.25, 0.3) is 0 Å². The lowest BCUT2D eigenvalue weighted by Crippen LogP contribution is -2.24. The van der Waals surface area contributed by atoms with Crippen LogP contribution in [0.1, 0.15) is 50.3 Å². The van der Waals surface area contributed by atoms with Gasteiger partial charge in [0.2, 0.25) is 0 Å². The maximum Gasteiger partial charge on any atom is 0.0851 e. The van der Waals surface area contributed by atoms with Gasteiger partial charge in [-0.05, 0) is 30.4 Å². The maximum atomic E-state index is 10.4. The van der Waals surface area contributed by atoms with Crippen LogP contribution in [0.2, 0.25) is 0 Å². The van der Waals surface area contributed by atoms with Crippen LogP contribution in [0.4, 0.5) is 0 Å². The van der Waals surface area contributed by atoms with Crippen LogP contribution >= 0.6 is 0 Å². The smallest absolute Gasteiger partial charge is 0.0851 e. The third kappa shape index (κ3) is 1.59. The van der Waals surface area contributed by atoms with Crippen molar-refractivity contribution in [3.8, 4) is 0 Å². The van der Waals surface area contributed by atoms with Crippen LogP contribution in [0.3, 0.4) is 0 Å². The Balaban J connectivity index is 2.35. The zero-order valence-electron chi connectivity index (χ0n) is 9.66. The fraction of sp³-hybridized carbons (Fsp3) is 0.571. The highest BCUT2D eigenvalue weighted by Crippen LogP contribution is 2.50. The van der Waals surface area contributed by atoms with Crippen molar-refractivity contribution in [1.29, 1.82) is 0 Å². The van der Waals surface area contributed by atoms with Crippen molar-refractivity contribution in [2.45, 2.75) is 45.6 Å². The van der Waals surface area contributed by atoms with Crippen molar-refractivity contribution in [3.05, 3.63) is 35.4 Å². The summed E-state index contributed by atoms with van der Waals surface area (Å²) in [7, 11) is 0. The molecule has 2 rings (SSSR count). The van der Waals surface area contributed by atoms with E-state index < -0.39 is 0 Å². The third-order valence-corrected chi connectivity index (χ3v) is 3.92. The first-order valence-electron chi connectivity index (χ1n) is 5.99. The van der Waals surface area contributed by atoms with Gasteiger partial charge in [0.1, 0.15) is 0 Å². The number of hydrogen-bond acceptors (Lipinski definition) is 1. The van der Waals surface area contributed by atoms with Crippen molar-refractivity contribution >= 4 is 0 Å². The molecule has 0 radical (unpaired) electrons. The van der Waals surface area contributed by atoms with E-state index in [2.05, 4.69) is 32.0 Å². The molecule has 2 unspecified atom stereocenters. The molecule has 0 spiro atoms. The minimum atomic E-state index is -0.251. The highest BCUT2D eigenvalue weighted by atomic mass is 16.3. The van der Waals surface area contributed by atoms with Crippen LogP contribution in [0, 0.1) is 5.41 Å². The summed E-state index contributed by atoms with van der Waals surface area (Å²) in [6.07, 6.45) is 4.14. The summed E-state index contributed by atoms with van der Waals surface area (Å²) >= 11 is 0. The maximum absolute atomic E-state index is 10.4. The largest absolute Gasteiger partial charge is 0.388 e. The Labute approximate surface area is 92.1 Å². The molecule has 0 amide bonds. The monoisotopic (exact) mass is 204 g/mol. The summed E-state index contributed by atoms with van der Waals surface area (Å²) in [4.78, 5) is 0. The molecule has 1 aliphatic rings. The Morgan fingerprint density at radius 2 is 2.07 bits per heavy atom. The molecule has 1 heteroatoms. The molecule has 1 N–H and O–H groups in total. The van der Waals surface area contributed by atoms with E-state index in [0.717, 1.165) is 31.2 Å². The summed E-state index contributed by atoms with van der Waals surface area (Å²) in [5.41, 5.74) is 2.62. The summed E-state index contributed by atoms with van der Waals surface area (Å²) in [5, 5.41) is 10.4. The van der Waals surface area contributed by atoms with E-state index in [1.54, 1.807) is 0 Å². The molecule has 0 saturated heterocycles. The summed E-state index contributed by atoms with van der Waals surface area (Å²) in [6, 6.07) is 8.33. The van der Waals surface area contributed by atoms with Gasteiger partial charge in [-0.1, -0.05) is 44.5 Å². The summed E-state index contributed by atoms with van der Waals surface area (Å²) < 4.78 is 0. The average Bonchev–Trinajstić information content (AvgIpc) is 2.54. The van der Waals surface area contributed by atoms with Crippen molar-refractivity contribution < 1.29 is 5.11 Å². The first kappa shape index (κ1) is 10.7. The molecule has 15 heavy (non-hydrogen) atoms.